The summed E-state index contributed by atoms with van der Waals surface area (Å²) in [7, 11) is 1.58. The van der Waals surface area contributed by atoms with Gasteiger partial charge in [0.25, 0.3) is 5.91 Å². The molecule has 0 saturated heterocycles. The number of rotatable bonds is 9. The van der Waals surface area contributed by atoms with Gasteiger partial charge in [-0.25, -0.2) is 4.39 Å². The minimum absolute atomic E-state index is 0.0716. The van der Waals surface area contributed by atoms with E-state index >= 15 is 0 Å². The summed E-state index contributed by atoms with van der Waals surface area (Å²) in [4.78, 5) is 27.5. The number of hydrogen-bond donors (Lipinski definition) is 1. The third-order valence-electron chi connectivity index (χ3n) is 6.27. The lowest BCUT2D eigenvalue weighted by Crippen LogP contribution is -2.41. The van der Waals surface area contributed by atoms with Crippen molar-refractivity contribution < 1.29 is 23.5 Å². The normalized spacial score (nSPS) is 18.4. The monoisotopic (exact) mass is 454 g/mol. The van der Waals surface area contributed by atoms with E-state index in [1.165, 1.54) is 12.1 Å². The van der Waals surface area contributed by atoms with E-state index in [0.717, 1.165) is 36.0 Å². The molecule has 2 unspecified atom stereocenters. The zero-order valence-corrected chi connectivity index (χ0v) is 19.2. The lowest BCUT2D eigenvalue weighted by molar-refractivity contribution is -0.134. The zero-order chi connectivity index (χ0) is 23.4. The standard InChI is InChI=1S/C26H31FN2O4/c1-3-23(25(30)28-12-14-32-2)33-21-10-9-17-11-13-29(26(31)18-7-8-18)24(22(17)16-21)19-5-4-6-20(27)15-19/h4-6,9-10,15-16,18,23-24H,3,7-8,11-14H2,1-2H3,(H,28,30). The molecule has 1 heterocycles. The second kappa shape index (κ2) is 10.3. The number of methoxy groups -OCH3 is 1. The van der Waals surface area contributed by atoms with Crippen LogP contribution < -0.4 is 10.1 Å². The quantitative estimate of drug-likeness (QED) is 0.588. The van der Waals surface area contributed by atoms with Gasteiger partial charge in [-0.2, -0.15) is 0 Å². The van der Waals surface area contributed by atoms with Gasteiger partial charge in [0.15, 0.2) is 6.10 Å². The molecule has 0 radical (unpaired) electrons. The number of ether oxygens (including phenoxy) is 2. The van der Waals surface area contributed by atoms with Crippen LogP contribution in [0.2, 0.25) is 0 Å². The van der Waals surface area contributed by atoms with Crippen LogP contribution in [0.4, 0.5) is 4.39 Å². The summed E-state index contributed by atoms with van der Waals surface area (Å²) in [5.74, 6) is 0.237. The minimum Gasteiger partial charge on any atom is -0.481 e. The number of hydrogen-bond acceptors (Lipinski definition) is 4. The average Bonchev–Trinajstić information content (AvgIpc) is 3.67. The smallest absolute Gasteiger partial charge is 0.261 e. The largest absolute Gasteiger partial charge is 0.481 e. The van der Waals surface area contributed by atoms with Crippen LogP contribution in [0.15, 0.2) is 42.5 Å². The van der Waals surface area contributed by atoms with Crippen molar-refractivity contribution in [1.29, 1.82) is 0 Å². The molecule has 2 atom stereocenters. The Kier molecular flexibility index (Phi) is 7.28. The summed E-state index contributed by atoms with van der Waals surface area (Å²) in [5.41, 5.74) is 2.77. The van der Waals surface area contributed by atoms with E-state index in [0.29, 0.717) is 31.9 Å². The van der Waals surface area contributed by atoms with Crippen LogP contribution in [-0.2, 0) is 20.7 Å². The van der Waals surface area contributed by atoms with Gasteiger partial charge in [0.2, 0.25) is 5.91 Å². The van der Waals surface area contributed by atoms with Gasteiger partial charge in [0.05, 0.1) is 12.6 Å². The fourth-order valence-corrected chi connectivity index (χ4v) is 4.38. The van der Waals surface area contributed by atoms with E-state index in [1.54, 1.807) is 13.2 Å². The van der Waals surface area contributed by atoms with Crippen LogP contribution in [0, 0.1) is 11.7 Å². The van der Waals surface area contributed by atoms with Gasteiger partial charge in [0.1, 0.15) is 11.6 Å². The molecule has 1 aliphatic heterocycles. The molecule has 0 bridgehead atoms. The second-order valence-electron chi connectivity index (χ2n) is 8.67. The molecule has 2 aromatic carbocycles. The first-order valence-electron chi connectivity index (χ1n) is 11.6. The fourth-order valence-electron chi connectivity index (χ4n) is 4.38. The predicted molar refractivity (Wildman–Crippen MR) is 122 cm³/mol. The maximum absolute atomic E-state index is 14.1. The van der Waals surface area contributed by atoms with E-state index in [-0.39, 0.29) is 29.6 Å². The van der Waals surface area contributed by atoms with Gasteiger partial charge in [-0.1, -0.05) is 25.1 Å². The summed E-state index contributed by atoms with van der Waals surface area (Å²) < 4.78 is 25.2. The van der Waals surface area contributed by atoms with Gasteiger partial charge in [0, 0.05) is 26.1 Å². The van der Waals surface area contributed by atoms with Crippen molar-refractivity contribution in [2.75, 3.05) is 26.8 Å². The fraction of sp³-hybridized carbons (Fsp3) is 0.462. The van der Waals surface area contributed by atoms with Crippen molar-refractivity contribution in [3.8, 4) is 5.75 Å². The molecule has 2 aromatic rings. The van der Waals surface area contributed by atoms with Gasteiger partial charge in [-0.15, -0.1) is 0 Å². The predicted octanol–water partition coefficient (Wildman–Crippen LogP) is 3.63. The molecule has 1 fully saturated rings. The number of nitrogens with zero attached hydrogens (tertiary/aromatic N) is 1. The lowest BCUT2D eigenvalue weighted by Gasteiger charge is -2.38. The van der Waals surface area contributed by atoms with Gasteiger partial charge >= 0.3 is 0 Å². The molecule has 1 N–H and O–H groups in total. The Morgan fingerprint density at radius 2 is 2.03 bits per heavy atom. The van der Waals surface area contributed by atoms with Crippen LogP contribution in [0.25, 0.3) is 0 Å². The third-order valence-corrected chi connectivity index (χ3v) is 6.27. The third kappa shape index (κ3) is 5.36. The van der Waals surface area contributed by atoms with Crippen LogP contribution in [0.1, 0.15) is 48.9 Å². The summed E-state index contributed by atoms with van der Waals surface area (Å²) in [6.07, 6.45) is 2.43. The first-order valence-corrected chi connectivity index (χ1v) is 11.6. The maximum Gasteiger partial charge on any atom is 0.261 e. The van der Waals surface area contributed by atoms with E-state index in [9.17, 15) is 14.0 Å². The molecule has 6 nitrogen and oxygen atoms in total. The highest BCUT2D eigenvalue weighted by molar-refractivity contribution is 5.82. The highest BCUT2D eigenvalue weighted by atomic mass is 19.1. The first-order chi connectivity index (χ1) is 16.0. The second-order valence-corrected chi connectivity index (χ2v) is 8.67. The molecule has 2 amide bonds. The van der Waals surface area contributed by atoms with E-state index in [4.69, 9.17) is 9.47 Å². The van der Waals surface area contributed by atoms with Crippen LogP contribution in [0.5, 0.6) is 5.75 Å². The summed E-state index contributed by atoms with van der Waals surface area (Å²) in [5, 5.41) is 2.82. The highest BCUT2D eigenvalue weighted by Crippen LogP contribution is 2.41. The topological polar surface area (TPSA) is 67.9 Å². The van der Waals surface area contributed by atoms with E-state index in [1.807, 2.05) is 36.1 Å². The Morgan fingerprint density at radius 1 is 1.21 bits per heavy atom. The van der Waals surface area contributed by atoms with Gasteiger partial charge in [-0.3, -0.25) is 9.59 Å². The molecule has 1 aliphatic carbocycles. The summed E-state index contributed by atoms with van der Waals surface area (Å²) >= 11 is 0. The number of amides is 2. The molecule has 176 valence electrons. The number of benzene rings is 2. The maximum atomic E-state index is 14.1. The zero-order valence-electron chi connectivity index (χ0n) is 19.2. The average molecular weight is 455 g/mol. The molecular weight excluding hydrogens is 423 g/mol. The lowest BCUT2D eigenvalue weighted by atomic mass is 9.87. The molecule has 4 rings (SSSR count). The Labute approximate surface area is 194 Å². The van der Waals surface area contributed by atoms with Crippen molar-refractivity contribution in [3.63, 3.8) is 0 Å². The summed E-state index contributed by atoms with van der Waals surface area (Å²) in [6.45, 7) is 3.34. The molecule has 1 saturated carbocycles. The van der Waals surface area contributed by atoms with Crippen molar-refractivity contribution in [1.82, 2.24) is 10.2 Å². The van der Waals surface area contributed by atoms with Crippen molar-refractivity contribution >= 4 is 11.8 Å². The number of carbonyl (C=O) groups excluding carboxylic acids is 2. The first kappa shape index (κ1) is 23.2. The number of halogens is 1. The Balaban J connectivity index is 1.63. The van der Waals surface area contributed by atoms with Crippen LogP contribution >= 0.6 is 0 Å². The molecule has 2 aliphatic rings. The molecule has 0 aromatic heterocycles. The number of carbonyl (C=O) groups is 2. The Hall–Kier alpha value is -2.93. The van der Waals surface area contributed by atoms with E-state index in [2.05, 4.69) is 5.32 Å². The molecule has 0 spiro atoms. The molecular formula is C26H31FN2O4. The SMILES string of the molecule is CCC(Oc1ccc2c(c1)C(c1cccc(F)c1)N(C(=O)C1CC1)CC2)C(=O)NCCOC. The molecule has 7 heteroatoms. The Bertz CT molecular complexity index is 1010. The molecule has 33 heavy (non-hydrogen) atoms. The van der Waals surface area contributed by atoms with Gasteiger partial charge in [-0.05, 0) is 66.6 Å². The van der Waals surface area contributed by atoms with Crippen molar-refractivity contribution in [2.45, 2.75) is 44.8 Å². The van der Waals surface area contributed by atoms with Crippen LogP contribution in [-0.4, -0.2) is 49.6 Å². The number of nitrogens with one attached hydrogen (secondary N) is 1. The van der Waals surface area contributed by atoms with Crippen molar-refractivity contribution in [3.05, 3.63) is 65.0 Å². The minimum atomic E-state index is -0.639. The summed E-state index contributed by atoms with van der Waals surface area (Å²) in [6, 6.07) is 11.8. The highest BCUT2D eigenvalue weighted by Gasteiger charge is 2.39. The number of fused-ring (bicyclic) bond motifs is 1. The van der Waals surface area contributed by atoms with Crippen LogP contribution in [0.3, 0.4) is 0 Å². The van der Waals surface area contributed by atoms with Crippen molar-refractivity contribution in [2.24, 2.45) is 5.92 Å². The van der Waals surface area contributed by atoms with E-state index < -0.39 is 6.10 Å². The van der Waals surface area contributed by atoms with Gasteiger partial charge < -0.3 is 19.7 Å². The Morgan fingerprint density at radius 3 is 2.73 bits per heavy atom.